The number of hydrogen-bond donors (Lipinski definition) is 1. The Bertz CT molecular complexity index is 447. The van der Waals surface area contributed by atoms with E-state index in [1.54, 1.807) is 31.0 Å². The van der Waals surface area contributed by atoms with Crippen LogP contribution in [0.1, 0.15) is 18.1 Å². The minimum atomic E-state index is -0.673. The van der Waals surface area contributed by atoms with Gasteiger partial charge < -0.3 is 19.6 Å². The smallest absolute Gasteiger partial charge is 0.319 e. The molecule has 5 heteroatoms. The Morgan fingerprint density at radius 1 is 1.32 bits per heavy atom. The molecule has 0 bridgehead atoms. The highest BCUT2D eigenvalue weighted by molar-refractivity contribution is 5.75. The van der Waals surface area contributed by atoms with Gasteiger partial charge in [-0.3, -0.25) is 0 Å². The molecular weight excluding hydrogens is 244 g/mol. The molecule has 0 spiro atoms. The van der Waals surface area contributed by atoms with Crippen molar-refractivity contribution < 1.29 is 14.6 Å². The van der Waals surface area contributed by atoms with Gasteiger partial charge in [-0.15, -0.1) is 0 Å². The molecule has 1 heterocycles. The van der Waals surface area contributed by atoms with Gasteiger partial charge >= 0.3 is 6.03 Å². The number of rotatable bonds is 3. The lowest BCUT2D eigenvalue weighted by molar-refractivity contribution is 0.0405. The maximum absolute atomic E-state index is 11.9. The third-order valence-electron chi connectivity index (χ3n) is 3.71. The number of carbonyl (C=O) groups is 1. The first-order valence-electron chi connectivity index (χ1n) is 6.34. The molecule has 1 N–H and O–H groups in total. The van der Waals surface area contributed by atoms with Gasteiger partial charge in [0, 0.05) is 20.6 Å². The predicted molar refractivity (Wildman–Crippen MR) is 72.1 cm³/mol. The minimum Gasteiger partial charge on any atom is -0.497 e. The summed E-state index contributed by atoms with van der Waals surface area (Å²) < 4.78 is 5.09. The van der Waals surface area contributed by atoms with Crippen LogP contribution < -0.4 is 4.74 Å². The highest BCUT2D eigenvalue weighted by Gasteiger charge is 2.33. The van der Waals surface area contributed by atoms with E-state index in [-0.39, 0.29) is 12.1 Å². The van der Waals surface area contributed by atoms with Crippen molar-refractivity contribution in [2.45, 2.75) is 18.6 Å². The van der Waals surface area contributed by atoms with Gasteiger partial charge in [-0.25, -0.2) is 4.79 Å². The molecule has 2 amide bonds. The second-order valence-electron chi connectivity index (χ2n) is 4.89. The number of amides is 2. The Morgan fingerprint density at radius 3 is 2.53 bits per heavy atom. The largest absolute Gasteiger partial charge is 0.497 e. The SMILES string of the molecule is COc1ccc([C@H](O)[C@H]2CCN(C)C(=O)N2C)cc1. The van der Waals surface area contributed by atoms with Crippen molar-refractivity contribution in [3.05, 3.63) is 29.8 Å². The van der Waals surface area contributed by atoms with E-state index in [0.29, 0.717) is 6.54 Å². The summed E-state index contributed by atoms with van der Waals surface area (Å²) in [6.07, 6.45) is 0.0833. The number of urea groups is 1. The van der Waals surface area contributed by atoms with Crippen LogP contribution in [0.3, 0.4) is 0 Å². The second-order valence-corrected chi connectivity index (χ2v) is 4.89. The molecule has 19 heavy (non-hydrogen) atoms. The highest BCUT2D eigenvalue weighted by Crippen LogP contribution is 2.27. The second kappa shape index (κ2) is 5.48. The molecule has 1 fully saturated rings. The predicted octanol–water partition coefficient (Wildman–Crippen LogP) is 1.48. The van der Waals surface area contributed by atoms with Crippen LogP contribution in [0.2, 0.25) is 0 Å². The molecule has 0 radical (unpaired) electrons. The average molecular weight is 264 g/mol. The molecule has 5 nitrogen and oxygen atoms in total. The van der Waals surface area contributed by atoms with Crippen LogP contribution in [0.4, 0.5) is 4.79 Å². The van der Waals surface area contributed by atoms with Crippen molar-refractivity contribution in [3.63, 3.8) is 0 Å². The highest BCUT2D eigenvalue weighted by atomic mass is 16.5. The van der Waals surface area contributed by atoms with Crippen molar-refractivity contribution in [2.75, 3.05) is 27.7 Å². The molecule has 2 rings (SSSR count). The third-order valence-corrected chi connectivity index (χ3v) is 3.71. The molecule has 1 aliphatic rings. The van der Waals surface area contributed by atoms with Gasteiger partial charge in [0.15, 0.2) is 0 Å². The number of benzene rings is 1. The lowest BCUT2D eigenvalue weighted by atomic mass is 9.97. The van der Waals surface area contributed by atoms with Crippen LogP contribution in [0, 0.1) is 0 Å². The number of carbonyl (C=O) groups excluding carboxylic acids is 1. The first-order valence-corrected chi connectivity index (χ1v) is 6.34. The van der Waals surface area contributed by atoms with E-state index in [1.807, 2.05) is 24.3 Å². The normalized spacial score (nSPS) is 21.5. The van der Waals surface area contributed by atoms with E-state index < -0.39 is 6.10 Å². The molecule has 1 aliphatic heterocycles. The van der Waals surface area contributed by atoms with Crippen molar-refractivity contribution in [1.29, 1.82) is 0 Å². The molecule has 0 aliphatic carbocycles. The van der Waals surface area contributed by atoms with Crippen molar-refractivity contribution >= 4 is 6.03 Å². The summed E-state index contributed by atoms with van der Waals surface area (Å²) in [5.41, 5.74) is 0.801. The first kappa shape index (κ1) is 13.7. The van der Waals surface area contributed by atoms with Crippen LogP contribution in [0.5, 0.6) is 5.75 Å². The molecule has 1 aromatic rings. The van der Waals surface area contributed by atoms with Gasteiger partial charge in [0.1, 0.15) is 5.75 Å². The Kier molecular flexibility index (Phi) is 3.95. The van der Waals surface area contributed by atoms with Crippen LogP contribution in [0.15, 0.2) is 24.3 Å². The summed E-state index contributed by atoms with van der Waals surface area (Å²) in [4.78, 5) is 15.2. The molecule has 2 atom stereocenters. The number of hydrogen-bond acceptors (Lipinski definition) is 3. The third kappa shape index (κ3) is 2.66. The summed E-state index contributed by atoms with van der Waals surface area (Å²) in [5.74, 6) is 0.753. The van der Waals surface area contributed by atoms with Gasteiger partial charge in [-0.1, -0.05) is 12.1 Å². The number of ether oxygens (including phenoxy) is 1. The lowest BCUT2D eigenvalue weighted by Gasteiger charge is -2.40. The van der Waals surface area contributed by atoms with Crippen LogP contribution in [-0.4, -0.2) is 54.7 Å². The van der Waals surface area contributed by atoms with Gasteiger partial charge in [0.05, 0.1) is 19.3 Å². The van der Waals surface area contributed by atoms with Gasteiger partial charge in [-0.2, -0.15) is 0 Å². The summed E-state index contributed by atoms with van der Waals surface area (Å²) >= 11 is 0. The van der Waals surface area contributed by atoms with E-state index in [2.05, 4.69) is 0 Å². The van der Waals surface area contributed by atoms with Crippen molar-refractivity contribution in [3.8, 4) is 5.75 Å². The summed E-state index contributed by atoms with van der Waals surface area (Å²) in [5, 5.41) is 10.4. The Morgan fingerprint density at radius 2 is 1.95 bits per heavy atom. The zero-order valence-electron chi connectivity index (χ0n) is 11.5. The monoisotopic (exact) mass is 264 g/mol. The van der Waals surface area contributed by atoms with Crippen LogP contribution >= 0.6 is 0 Å². The zero-order valence-corrected chi connectivity index (χ0v) is 11.5. The molecule has 0 aromatic heterocycles. The Hall–Kier alpha value is -1.75. The van der Waals surface area contributed by atoms with Gasteiger partial charge in [0.25, 0.3) is 0 Å². The number of nitrogens with zero attached hydrogens (tertiary/aromatic N) is 2. The molecule has 0 saturated carbocycles. The quantitative estimate of drug-likeness (QED) is 0.899. The topological polar surface area (TPSA) is 53.0 Å². The zero-order chi connectivity index (χ0) is 14.0. The minimum absolute atomic E-state index is 0.0520. The fourth-order valence-corrected chi connectivity index (χ4v) is 2.42. The number of methoxy groups -OCH3 is 1. The fourth-order valence-electron chi connectivity index (χ4n) is 2.42. The molecule has 1 aromatic carbocycles. The van der Waals surface area contributed by atoms with E-state index in [4.69, 9.17) is 4.74 Å². The summed E-state index contributed by atoms with van der Waals surface area (Å²) in [6, 6.07) is 7.06. The molecular formula is C14H20N2O3. The van der Waals surface area contributed by atoms with Gasteiger partial charge in [0.2, 0.25) is 0 Å². The lowest BCUT2D eigenvalue weighted by Crippen LogP contribution is -2.52. The number of likely N-dealkylation sites (N-methyl/N-ethyl adjacent to an activating group) is 1. The van der Waals surface area contributed by atoms with E-state index >= 15 is 0 Å². The maximum atomic E-state index is 11.9. The Balaban J connectivity index is 2.14. The van der Waals surface area contributed by atoms with Crippen LogP contribution in [-0.2, 0) is 0 Å². The van der Waals surface area contributed by atoms with Crippen molar-refractivity contribution in [1.82, 2.24) is 9.80 Å². The number of aliphatic hydroxyl groups excluding tert-OH is 1. The molecule has 0 unspecified atom stereocenters. The average Bonchev–Trinajstić information content (AvgIpc) is 2.44. The van der Waals surface area contributed by atoms with Crippen LogP contribution in [0.25, 0.3) is 0 Å². The standard InChI is InChI=1S/C14H20N2O3/c1-15-9-8-12(16(2)14(15)18)13(17)10-4-6-11(19-3)7-5-10/h4-7,12-13,17H,8-9H2,1-3H3/t12-,13+/m1/s1. The summed E-state index contributed by atoms with van der Waals surface area (Å²) in [7, 11) is 5.11. The van der Waals surface area contributed by atoms with E-state index in [0.717, 1.165) is 17.7 Å². The molecule has 1 saturated heterocycles. The number of aliphatic hydroxyl groups is 1. The fraction of sp³-hybridized carbons (Fsp3) is 0.500. The van der Waals surface area contributed by atoms with Crippen molar-refractivity contribution in [2.24, 2.45) is 0 Å². The molecule has 104 valence electrons. The summed E-state index contributed by atoms with van der Waals surface area (Å²) in [6.45, 7) is 0.668. The first-order chi connectivity index (χ1) is 9.04. The van der Waals surface area contributed by atoms with E-state index in [9.17, 15) is 9.90 Å². The Labute approximate surface area is 113 Å². The maximum Gasteiger partial charge on any atom is 0.319 e. The van der Waals surface area contributed by atoms with E-state index in [1.165, 1.54) is 0 Å². The van der Waals surface area contributed by atoms with Gasteiger partial charge in [-0.05, 0) is 24.1 Å².